The van der Waals surface area contributed by atoms with Crippen LogP contribution in [0.2, 0.25) is 0 Å². The first-order valence-electron chi connectivity index (χ1n) is 5.05. The van der Waals surface area contributed by atoms with Crippen molar-refractivity contribution in [2.24, 2.45) is 10.1 Å². The van der Waals surface area contributed by atoms with Crippen LogP contribution in [0.25, 0.3) is 0 Å². The summed E-state index contributed by atoms with van der Waals surface area (Å²) in [7, 11) is -2.52. The Morgan fingerprint density at radius 3 is 2.56 bits per heavy atom. The van der Waals surface area contributed by atoms with Crippen LogP contribution in [0.5, 0.6) is 0 Å². The predicted octanol–water partition coefficient (Wildman–Crippen LogP) is 1.76. The molecule has 1 rings (SSSR count). The number of nitrogens with zero attached hydrogens (tertiary/aromatic N) is 1. The highest BCUT2D eigenvalue weighted by molar-refractivity contribution is 9.10. The van der Waals surface area contributed by atoms with E-state index in [4.69, 9.17) is 5.73 Å². The van der Waals surface area contributed by atoms with E-state index in [-0.39, 0.29) is 0 Å². The van der Waals surface area contributed by atoms with E-state index in [2.05, 4.69) is 25.0 Å². The minimum absolute atomic E-state index is 0.437. The van der Waals surface area contributed by atoms with Gasteiger partial charge < -0.3 is 5.73 Å². The number of hydrogen-bond donors (Lipinski definition) is 2. The fraction of sp³-hybridized carbons (Fsp3) is 0.400. The third-order valence-corrected chi connectivity index (χ3v) is 4.54. The Labute approximate surface area is 105 Å². The average Bonchev–Trinajstić information content (AvgIpc) is 2.27. The van der Waals surface area contributed by atoms with Crippen molar-refractivity contribution >= 4 is 25.8 Å². The predicted molar refractivity (Wildman–Crippen MR) is 70.6 cm³/mol. The van der Waals surface area contributed by atoms with Crippen LogP contribution in [0.4, 0.5) is 0 Å². The highest BCUT2D eigenvalue weighted by atomic mass is 79.9. The highest BCUT2D eigenvalue weighted by Crippen LogP contribution is 2.16. The first kappa shape index (κ1) is 13.6. The first-order chi connectivity index (χ1) is 7.62. The molecule has 6 heteroatoms. The molecule has 0 fully saturated rings. The van der Waals surface area contributed by atoms with Crippen molar-refractivity contribution in [2.45, 2.75) is 11.8 Å². The second-order valence-corrected chi connectivity index (χ2v) is 6.09. The molecule has 0 aliphatic rings. The van der Waals surface area contributed by atoms with Gasteiger partial charge in [0, 0.05) is 24.1 Å². The lowest BCUT2D eigenvalue weighted by Gasteiger charge is -2.11. The molecule has 0 aliphatic heterocycles. The second kappa shape index (κ2) is 6.34. The van der Waals surface area contributed by atoms with Gasteiger partial charge in [0.1, 0.15) is 9.92 Å². The molecule has 0 heterocycles. The van der Waals surface area contributed by atoms with Gasteiger partial charge in [0.15, 0.2) is 0 Å². The van der Waals surface area contributed by atoms with Crippen molar-refractivity contribution in [3.8, 4) is 0 Å². The van der Waals surface area contributed by atoms with E-state index in [1.165, 1.54) is 0 Å². The van der Waals surface area contributed by atoms with E-state index in [1.54, 1.807) is 12.1 Å². The Kier molecular flexibility index (Phi) is 5.40. The Morgan fingerprint density at radius 2 is 2.06 bits per heavy atom. The van der Waals surface area contributed by atoms with Crippen LogP contribution in [0.15, 0.2) is 38.0 Å². The molecule has 0 spiro atoms. The number of nitrogens with two attached hydrogens (primary N) is 1. The van der Waals surface area contributed by atoms with Crippen LogP contribution < -0.4 is 10.5 Å². The Bertz CT molecular complexity index is 438. The lowest BCUT2D eigenvalue weighted by molar-refractivity contribution is 0.662. The van der Waals surface area contributed by atoms with Crippen LogP contribution in [0, 0.1) is 0 Å². The van der Waals surface area contributed by atoms with E-state index in [0.717, 1.165) is 4.47 Å². The SMILES string of the molecule is CCN=S(=O)(NCCN)c1ccc(Br)cc1. The van der Waals surface area contributed by atoms with Gasteiger partial charge >= 0.3 is 0 Å². The van der Waals surface area contributed by atoms with Gasteiger partial charge in [-0.25, -0.2) is 13.3 Å². The topological polar surface area (TPSA) is 67.5 Å². The van der Waals surface area contributed by atoms with E-state index < -0.39 is 9.92 Å². The second-order valence-electron chi connectivity index (χ2n) is 3.11. The zero-order chi connectivity index (χ0) is 12.0. The van der Waals surface area contributed by atoms with Crippen LogP contribution >= 0.6 is 15.9 Å². The quantitative estimate of drug-likeness (QED) is 0.870. The zero-order valence-electron chi connectivity index (χ0n) is 9.15. The van der Waals surface area contributed by atoms with E-state index >= 15 is 0 Å². The molecule has 0 aliphatic carbocycles. The molecule has 90 valence electrons. The molecule has 3 N–H and O–H groups in total. The number of hydrogen-bond acceptors (Lipinski definition) is 3. The lowest BCUT2D eigenvalue weighted by atomic mass is 10.4. The molecule has 0 saturated carbocycles. The molecule has 0 amide bonds. The van der Waals surface area contributed by atoms with Gasteiger partial charge in [0.2, 0.25) is 0 Å². The van der Waals surface area contributed by atoms with Crippen molar-refractivity contribution in [3.05, 3.63) is 28.7 Å². The number of halogens is 1. The molecule has 1 atom stereocenters. The van der Waals surface area contributed by atoms with E-state index in [9.17, 15) is 4.21 Å². The number of benzene rings is 1. The van der Waals surface area contributed by atoms with Crippen LogP contribution in [0.1, 0.15) is 6.92 Å². The van der Waals surface area contributed by atoms with Gasteiger partial charge in [0.05, 0.1) is 4.90 Å². The summed E-state index contributed by atoms with van der Waals surface area (Å²) in [5.41, 5.74) is 5.40. The maximum absolute atomic E-state index is 12.5. The maximum Gasteiger partial charge on any atom is 0.137 e. The minimum Gasteiger partial charge on any atom is -0.329 e. The normalized spacial score (nSPS) is 14.4. The summed E-state index contributed by atoms with van der Waals surface area (Å²) >= 11 is 3.34. The summed E-state index contributed by atoms with van der Waals surface area (Å²) in [6.07, 6.45) is 0. The van der Waals surface area contributed by atoms with Gasteiger partial charge in [0.25, 0.3) is 0 Å². The minimum atomic E-state index is -2.52. The van der Waals surface area contributed by atoms with Gasteiger partial charge in [-0.05, 0) is 31.2 Å². The molecule has 16 heavy (non-hydrogen) atoms. The van der Waals surface area contributed by atoms with Crippen molar-refractivity contribution in [3.63, 3.8) is 0 Å². The summed E-state index contributed by atoms with van der Waals surface area (Å²) < 4.78 is 20.5. The fourth-order valence-electron chi connectivity index (χ4n) is 1.20. The summed E-state index contributed by atoms with van der Waals surface area (Å²) in [4.78, 5) is 0.686. The third-order valence-electron chi connectivity index (χ3n) is 1.89. The molecule has 0 bridgehead atoms. The van der Waals surface area contributed by atoms with Crippen molar-refractivity contribution < 1.29 is 4.21 Å². The third kappa shape index (κ3) is 3.55. The first-order valence-corrected chi connectivity index (χ1v) is 7.36. The largest absolute Gasteiger partial charge is 0.329 e. The average molecular weight is 306 g/mol. The molecule has 1 unspecified atom stereocenters. The van der Waals surface area contributed by atoms with Crippen molar-refractivity contribution in [1.29, 1.82) is 0 Å². The summed E-state index contributed by atoms with van der Waals surface area (Å²) in [6, 6.07) is 7.30. The zero-order valence-corrected chi connectivity index (χ0v) is 11.6. The van der Waals surface area contributed by atoms with Crippen LogP contribution in [-0.2, 0) is 9.92 Å². The molecule has 4 nitrogen and oxygen atoms in total. The summed E-state index contributed by atoms with van der Waals surface area (Å²) in [6.45, 7) is 3.29. The number of rotatable bonds is 5. The molecule has 0 radical (unpaired) electrons. The molecular formula is C10H16BrN3OS. The van der Waals surface area contributed by atoms with Gasteiger partial charge in [-0.2, -0.15) is 0 Å². The maximum atomic E-state index is 12.5. The smallest absolute Gasteiger partial charge is 0.137 e. The monoisotopic (exact) mass is 305 g/mol. The van der Waals surface area contributed by atoms with Gasteiger partial charge in [-0.15, -0.1) is 0 Å². The lowest BCUT2D eigenvalue weighted by Crippen LogP contribution is -2.29. The Hall–Kier alpha value is -0.430. The fourth-order valence-corrected chi connectivity index (χ4v) is 3.14. The van der Waals surface area contributed by atoms with Crippen molar-refractivity contribution in [2.75, 3.05) is 19.6 Å². The molecular weight excluding hydrogens is 290 g/mol. The highest BCUT2D eigenvalue weighted by Gasteiger charge is 2.10. The van der Waals surface area contributed by atoms with Gasteiger partial charge in [-0.1, -0.05) is 15.9 Å². The molecule has 1 aromatic carbocycles. The van der Waals surface area contributed by atoms with Crippen LogP contribution in [-0.4, -0.2) is 23.8 Å². The van der Waals surface area contributed by atoms with Gasteiger partial charge in [-0.3, -0.25) is 0 Å². The Morgan fingerprint density at radius 1 is 1.44 bits per heavy atom. The van der Waals surface area contributed by atoms with E-state index in [0.29, 0.717) is 24.5 Å². The number of nitrogens with one attached hydrogen (secondary N) is 1. The molecule has 1 aromatic rings. The summed E-state index contributed by atoms with van der Waals surface area (Å²) in [5, 5.41) is 0. The standard InChI is InChI=1S/C10H16BrN3OS/c1-2-13-16(15,14-8-7-12)10-5-3-9(11)4-6-10/h3-6H,2,7-8,12H2,1H3,(H,13,14,15). The molecule has 0 aromatic heterocycles. The molecule has 0 saturated heterocycles. The Balaban J connectivity index is 3.07. The van der Waals surface area contributed by atoms with E-state index in [1.807, 2.05) is 19.1 Å². The van der Waals surface area contributed by atoms with Crippen molar-refractivity contribution in [1.82, 2.24) is 4.72 Å². The van der Waals surface area contributed by atoms with Crippen LogP contribution in [0.3, 0.4) is 0 Å². The summed E-state index contributed by atoms with van der Waals surface area (Å²) in [5.74, 6) is 0.